The monoisotopic (exact) mass is 344 g/mol. The molecular weight excluding hydrogens is 324 g/mol. The molecule has 0 fully saturated rings. The van der Waals surface area contributed by atoms with Crippen molar-refractivity contribution in [2.24, 2.45) is 0 Å². The van der Waals surface area contributed by atoms with Gasteiger partial charge in [-0.3, -0.25) is 14.9 Å². The van der Waals surface area contributed by atoms with Crippen molar-refractivity contribution in [1.82, 2.24) is 0 Å². The zero-order chi connectivity index (χ0) is 18.6. The van der Waals surface area contributed by atoms with Crippen LogP contribution in [-0.4, -0.2) is 24.0 Å². The topological polar surface area (TPSA) is 90.7 Å². The van der Waals surface area contributed by atoms with Gasteiger partial charge in [-0.05, 0) is 44.0 Å². The summed E-state index contributed by atoms with van der Waals surface area (Å²) in [6, 6.07) is 9.60. The minimum atomic E-state index is -0.788. The molecule has 0 aliphatic heterocycles. The van der Waals surface area contributed by atoms with Crippen molar-refractivity contribution in [2.45, 2.75) is 26.9 Å². The Kier molecular flexibility index (Phi) is 5.59. The summed E-state index contributed by atoms with van der Waals surface area (Å²) in [5.41, 5.74) is 2.10. The molecule has 0 spiro atoms. The Hall–Kier alpha value is -3.09. The lowest BCUT2D eigenvalue weighted by atomic mass is 10.1. The highest BCUT2D eigenvalue weighted by atomic mass is 16.6. The summed E-state index contributed by atoms with van der Waals surface area (Å²) in [5.74, 6) is 0.520. The maximum atomic E-state index is 12.4. The van der Waals surface area contributed by atoms with E-state index in [-0.39, 0.29) is 11.4 Å². The first-order valence-corrected chi connectivity index (χ1v) is 7.69. The lowest BCUT2D eigenvalue weighted by Crippen LogP contribution is -2.30. The van der Waals surface area contributed by atoms with E-state index in [1.165, 1.54) is 25.3 Å². The summed E-state index contributed by atoms with van der Waals surface area (Å²) >= 11 is 0. The lowest BCUT2D eigenvalue weighted by molar-refractivity contribution is -0.384. The highest BCUT2D eigenvalue weighted by Crippen LogP contribution is 2.29. The van der Waals surface area contributed by atoms with Crippen molar-refractivity contribution in [3.8, 4) is 11.5 Å². The third kappa shape index (κ3) is 4.26. The van der Waals surface area contributed by atoms with Crippen molar-refractivity contribution in [2.75, 3.05) is 12.4 Å². The molecule has 0 aliphatic carbocycles. The van der Waals surface area contributed by atoms with E-state index in [1.54, 1.807) is 13.0 Å². The summed E-state index contributed by atoms with van der Waals surface area (Å²) in [4.78, 5) is 22.8. The van der Waals surface area contributed by atoms with Crippen LogP contribution in [0.1, 0.15) is 18.1 Å². The number of hydrogen-bond acceptors (Lipinski definition) is 5. The number of rotatable bonds is 6. The van der Waals surface area contributed by atoms with E-state index in [1.807, 2.05) is 26.0 Å². The van der Waals surface area contributed by atoms with E-state index in [0.717, 1.165) is 11.1 Å². The van der Waals surface area contributed by atoms with Gasteiger partial charge in [0.1, 0.15) is 11.5 Å². The van der Waals surface area contributed by atoms with Crippen LogP contribution in [0.4, 0.5) is 11.4 Å². The normalized spacial score (nSPS) is 11.5. The molecule has 2 aromatic carbocycles. The molecule has 7 nitrogen and oxygen atoms in total. The molecule has 0 radical (unpaired) electrons. The van der Waals surface area contributed by atoms with Crippen LogP contribution in [0.2, 0.25) is 0 Å². The average Bonchev–Trinajstić information content (AvgIpc) is 2.58. The second-order valence-corrected chi connectivity index (χ2v) is 5.59. The highest BCUT2D eigenvalue weighted by molar-refractivity contribution is 5.95. The number of benzene rings is 2. The molecule has 7 heteroatoms. The van der Waals surface area contributed by atoms with Crippen LogP contribution in [0.3, 0.4) is 0 Å². The number of carbonyl (C=O) groups is 1. The minimum Gasteiger partial charge on any atom is -0.495 e. The van der Waals surface area contributed by atoms with Gasteiger partial charge in [0, 0.05) is 12.1 Å². The maximum Gasteiger partial charge on any atom is 0.271 e. The summed E-state index contributed by atoms with van der Waals surface area (Å²) in [6.45, 7) is 5.49. The Morgan fingerprint density at radius 1 is 1.20 bits per heavy atom. The third-order valence-electron chi connectivity index (χ3n) is 3.88. The predicted molar refractivity (Wildman–Crippen MR) is 94.3 cm³/mol. The van der Waals surface area contributed by atoms with Gasteiger partial charge in [-0.25, -0.2) is 0 Å². The van der Waals surface area contributed by atoms with Crippen LogP contribution in [0.5, 0.6) is 11.5 Å². The van der Waals surface area contributed by atoms with Crippen LogP contribution in [0.15, 0.2) is 36.4 Å². The average molecular weight is 344 g/mol. The predicted octanol–water partition coefficient (Wildman–Crippen LogP) is 3.63. The number of nitro benzene ring substituents is 1. The molecule has 2 rings (SSSR count). The number of aryl methyl sites for hydroxylation is 1. The van der Waals surface area contributed by atoms with E-state index in [2.05, 4.69) is 5.32 Å². The van der Waals surface area contributed by atoms with Crippen LogP contribution in [0, 0.1) is 24.0 Å². The first-order chi connectivity index (χ1) is 11.8. The number of methoxy groups -OCH3 is 1. The zero-order valence-corrected chi connectivity index (χ0v) is 14.5. The highest BCUT2D eigenvalue weighted by Gasteiger charge is 2.19. The Balaban J connectivity index is 2.17. The molecule has 1 unspecified atom stereocenters. The SMILES string of the molecule is COc1ccc([N+](=O)[O-])cc1NC(=O)C(C)Oc1cccc(C)c1C. The standard InChI is InChI=1S/C18H20N2O5/c1-11-6-5-7-16(12(11)2)25-13(3)18(21)19-15-10-14(20(22)23)8-9-17(15)24-4/h5-10,13H,1-4H3,(H,19,21). The molecular formula is C18H20N2O5. The van der Waals surface area contributed by atoms with Gasteiger partial charge >= 0.3 is 0 Å². The Bertz CT molecular complexity index is 804. The number of hydrogen-bond donors (Lipinski definition) is 1. The molecule has 1 atom stereocenters. The molecule has 25 heavy (non-hydrogen) atoms. The van der Waals surface area contributed by atoms with Gasteiger partial charge in [-0.1, -0.05) is 12.1 Å². The van der Waals surface area contributed by atoms with Gasteiger partial charge in [0.15, 0.2) is 6.10 Å². The van der Waals surface area contributed by atoms with E-state index < -0.39 is 16.9 Å². The van der Waals surface area contributed by atoms with Gasteiger partial charge in [0.25, 0.3) is 11.6 Å². The number of ether oxygens (including phenoxy) is 2. The molecule has 1 N–H and O–H groups in total. The second-order valence-electron chi connectivity index (χ2n) is 5.59. The van der Waals surface area contributed by atoms with Crippen LogP contribution in [0.25, 0.3) is 0 Å². The Morgan fingerprint density at radius 3 is 2.56 bits per heavy atom. The molecule has 0 aromatic heterocycles. The first-order valence-electron chi connectivity index (χ1n) is 7.69. The van der Waals surface area contributed by atoms with Crippen LogP contribution >= 0.6 is 0 Å². The van der Waals surface area contributed by atoms with Crippen molar-refractivity contribution >= 4 is 17.3 Å². The van der Waals surface area contributed by atoms with E-state index in [4.69, 9.17) is 9.47 Å². The van der Waals surface area contributed by atoms with Crippen molar-refractivity contribution in [3.05, 3.63) is 57.6 Å². The maximum absolute atomic E-state index is 12.4. The number of non-ortho nitro benzene ring substituents is 1. The summed E-state index contributed by atoms with van der Waals surface area (Å²) < 4.78 is 10.9. The minimum absolute atomic E-state index is 0.140. The Labute approximate surface area is 145 Å². The van der Waals surface area contributed by atoms with Crippen LogP contribution in [-0.2, 0) is 4.79 Å². The fourth-order valence-electron chi connectivity index (χ4n) is 2.24. The molecule has 2 aromatic rings. The first kappa shape index (κ1) is 18.3. The van der Waals surface area contributed by atoms with E-state index in [0.29, 0.717) is 11.5 Å². The van der Waals surface area contributed by atoms with Gasteiger partial charge < -0.3 is 14.8 Å². The molecule has 0 aliphatic rings. The molecule has 132 valence electrons. The van der Waals surface area contributed by atoms with Crippen LogP contribution < -0.4 is 14.8 Å². The smallest absolute Gasteiger partial charge is 0.271 e. The second kappa shape index (κ2) is 7.65. The number of nitro groups is 1. The largest absolute Gasteiger partial charge is 0.495 e. The summed E-state index contributed by atoms with van der Waals surface area (Å²) in [5, 5.41) is 13.5. The molecule has 0 bridgehead atoms. The molecule has 0 saturated carbocycles. The summed E-state index contributed by atoms with van der Waals surface area (Å²) in [6.07, 6.45) is -0.788. The number of anilines is 1. The van der Waals surface area contributed by atoms with Crippen molar-refractivity contribution in [1.29, 1.82) is 0 Å². The number of nitrogens with one attached hydrogen (secondary N) is 1. The fraction of sp³-hybridized carbons (Fsp3) is 0.278. The number of amides is 1. The summed E-state index contributed by atoms with van der Waals surface area (Å²) in [7, 11) is 1.42. The van der Waals surface area contributed by atoms with Crippen molar-refractivity contribution in [3.63, 3.8) is 0 Å². The van der Waals surface area contributed by atoms with E-state index >= 15 is 0 Å². The number of carbonyl (C=O) groups excluding carboxylic acids is 1. The van der Waals surface area contributed by atoms with E-state index in [9.17, 15) is 14.9 Å². The zero-order valence-electron chi connectivity index (χ0n) is 14.5. The van der Waals surface area contributed by atoms with Gasteiger partial charge in [-0.15, -0.1) is 0 Å². The fourth-order valence-corrected chi connectivity index (χ4v) is 2.24. The molecule has 1 amide bonds. The molecule has 0 saturated heterocycles. The van der Waals surface area contributed by atoms with Crippen molar-refractivity contribution < 1.29 is 19.2 Å². The lowest BCUT2D eigenvalue weighted by Gasteiger charge is -2.18. The van der Waals surface area contributed by atoms with Gasteiger partial charge in [0.05, 0.1) is 17.7 Å². The number of nitrogens with zero attached hydrogens (tertiary/aromatic N) is 1. The Morgan fingerprint density at radius 2 is 1.92 bits per heavy atom. The quantitative estimate of drug-likeness (QED) is 0.638. The molecule has 0 heterocycles. The van der Waals surface area contributed by atoms with Gasteiger partial charge in [-0.2, -0.15) is 0 Å². The third-order valence-corrected chi connectivity index (χ3v) is 3.88. The van der Waals surface area contributed by atoms with Gasteiger partial charge in [0.2, 0.25) is 0 Å².